The topological polar surface area (TPSA) is 95.6 Å². The van der Waals surface area contributed by atoms with Gasteiger partial charge in [0.05, 0.1) is 6.54 Å². The second-order valence-electron chi connectivity index (χ2n) is 7.54. The number of sulfonamides is 1. The molecule has 1 atom stereocenters. The number of nitrogens with one attached hydrogen (secondary N) is 2. The highest BCUT2D eigenvalue weighted by molar-refractivity contribution is 7.91. The number of nitrogens with zero attached hydrogens (tertiary/aromatic N) is 1. The van der Waals surface area contributed by atoms with Crippen LogP contribution >= 0.6 is 11.3 Å². The summed E-state index contributed by atoms with van der Waals surface area (Å²) in [6, 6.07) is 15.4. The van der Waals surface area contributed by atoms with E-state index in [1.54, 1.807) is 31.4 Å². The fourth-order valence-electron chi connectivity index (χ4n) is 3.17. The lowest BCUT2D eigenvalue weighted by Crippen LogP contribution is -2.51. The Morgan fingerprint density at radius 3 is 2.42 bits per heavy atom. The molecule has 0 radical (unpaired) electrons. The number of likely N-dealkylation sites (N-methyl/N-ethyl adjacent to an activating group) is 1. The first kappa shape index (κ1) is 22.9. The molecule has 2 aromatic carbocycles. The number of anilines is 1. The number of fused-ring (bicyclic) bond motifs is 1. The minimum absolute atomic E-state index is 0.141. The third-order valence-electron chi connectivity index (χ3n) is 4.80. The van der Waals surface area contributed by atoms with Gasteiger partial charge in [-0.1, -0.05) is 56.3 Å². The Hall–Kier alpha value is -2.75. The van der Waals surface area contributed by atoms with Gasteiger partial charge >= 0.3 is 0 Å². The van der Waals surface area contributed by atoms with Gasteiger partial charge in [0.2, 0.25) is 11.8 Å². The fourth-order valence-corrected chi connectivity index (χ4v) is 5.52. The number of benzene rings is 2. The van der Waals surface area contributed by atoms with Gasteiger partial charge in [-0.15, -0.1) is 11.3 Å². The summed E-state index contributed by atoms with van der Waals surface area (Å²) >= 11 is 1.08. The number of hydrogen-bond donors (Lipinski definition) is 2. The van der Waals surface area contributed by atoms with Crippen molar-refractivity contribution >= 4 is 49.6 Å². The molecule has 3 aromatic rings. The van der Waals surface area contributed by atoms with Crippen molar-refractivity contribution in [2.75, 3.05) is 18.9 Å². The van der Waals surface area contributed by atoms with Gasteiger partial charge in [0.15, 0.2) is 0 Å². The highest BCUT2D eigenvalue weighted by atomic mass is 32.2. The molecule has 1 unspecified atom stereocenters. The summed E-state index contributed by atoms with van der Waals surface area (Å²) in [6.45, 7) is 3.30. The van der Waals surface area contributed by atoms with E-state index in [4.69, 9.17) is 0 Å². The van der Waals surface area contributed by atoms with Crippen molar-refractivity contribution in [2.24, 2.45) is 5.92 Å². The average molecular weight is 460 g/mol. The maximum absolute atomic E-state index is 13.0. The first-order valence-corrected chi connectivity index (χ1v) is 12.1. The molecule has 0 bridgehead atoms. The van der Waals surface area contributed by atoms with E-state index in [0.29, 0.717) is 5.69 Å². The fraction of sp³-hybridized carbons (Fsp3) is 0.273. The molecule has 0 aliphatic heterocycles. The van der Waals surface area contributed by atoms with Crippen LogP contribution < -0.4 is 10.0 Å². The van der Waals surface area contributed by atoms with Gasteiger partial charge in [-0.05, 0) is 28.8 Å². The Bertz CT molecular complexity index is 1170. The quantitative estimate of drug-likeness (QED) is 0.540. The van der Waals surface area contributed by atoms with E-state index in [1.165, 1.54) is 18.0 Å². The number of carbonyl (C=O) groups is 2. The van der Waals surface area contributed by atoms with Crippen LogP contribution in [0.4, 0.5) is 5.69 Å². The molecular weight excluding hydrogens is 434 g/mol. The normalized spacial score (nSPS) is 12.6. The van der Waals surface area contributed by atoms with Crippen molar-refractivity contribution in [3.63, 3.8) is 0 Å². The van der Waals surface area contributed by atoms with Gasteiger partial charge in [0.1, 0.15) is 10.3 Å². The van der Waals surface area contributed by atoms with E-state index in [1.807, 2.05) is 36.4 Å². The van der Waals surface area contributed by atoms with Crippen molar-refractivity contribution in [3.05, 3.63) is 60.0 Å². The van der Waals surface area contributed by atoms with E-state index >= 15 is 0 Å². The average Bonchev–Trinajstić information content (AvgIpc) is 3.27. The molecule has 1 heterocycles. The van der Waals surface area contributed by atoms with Crippen LogP contribution in [0.2, 0.25) is 0 Å². The molecule has 2 amide bonds. The van der Waals surface area contributed by atoms with E-state index in [2.05, 4.69) is 10.0 Å². The maximum Gasteiger partial charge on any atom is 0.250 e. The molecular formula is C22H25N3O4S2. The molecule has 1 aromatic heterocycles. The Morgan fingerprint density at radius 1 is 1.03 bits per heavy atom. The molecule has 0 fully saturated rings. The second-order valence-corrected chi connectivity index (χ2v) is 10.4. The van der Waals surface area contributed by atoms with E-state index < -0.39 is 22.0 Å². The number of rotatable bonds is 8. The summed E-state index contributed by atoms with van der Waals surface area (Å²) in [6.07, 6.45) is 0. The maximum atomic E-state index is 13.0. The lowest BCUT2D eigenvalue weighted by Gasteiger charge is -2.26. The monoisotopic (exact) mass is 459 g/mol. The third kappa shape index (κ3) is 5.49. The summed E-state index contributed by atoms with van der Waals surface area (Å²) in [5.74, 6) is -1.13. The zero-order valence-electron chi connectivity index (χ0n) is 17.5. The van der Waals surface area contributed by atoms with Gasteiger partial charge in [-0.2, -0.15) is 4.72 Å². The summed E-state index contributed by atoms with van der Waals surface area (Å²) in [5.41, 5.74) is 0.655. The predicted octanol–water partition coefficient (Wildman–Crippen LogP) is 3.30. The Kier molecular flexibility index (Phi) is 7.09. The number of thiophene rings is 1. The van der Waals surface area contributed by atoms with Crippen LogP contribution in [0.1, 0.15) is 13.8 Å². The van der Waals surface area contributed by atoms with Gasteiger partial charge in [-0.25, -0.2) is 8.42 Å². The molecule has 3 rings (SSSR count). The zero-order valence-corrected chi connectivity index (χ0v) is 19.2. The van der Waals surface area contributed by atoms with Gasteiger partial charge in [0.25, 0.3) is 10.0 Å². The first-order chi connectivity index (χ1) is 14.7. The molecule has 2 N–H and O–H groups in total. The zero-order chi connectivity index (χ0) is 22.6. The number of carbonyl (C=O) groups excluding carboxylic acids is 2. The van der Waals surface area contributed by atoms with E-state index in [0.717, 1.165) is 22.1 Å². The minimum Gasteiger partial charge on any atom is -0.335 e. The largest absolute Gasteiger partial charge is 0.335 e. The van der Waals surface area contributed by atoms with Crippen LogP contribution in [-0.2, 0) is 19.6 Å². The number of hydrogen-bond acceptors (Lipinski definition) is 5. The van der Waals surface area contributed by atoms with Gasteiger partial charge in [-0.3, -0.25) is 9.59 Å². The molecule has 31 heavy (non-hydrogen) atoms. The molecule has 7 nitrogen and oxygen atoms in total. The molecule has 9 heteroatoms. The van der Waals surface area contributed by atoms with Crippen LogP contribution in [0.3, 0.4) is 0 Å². The smallest absolute Gasteiger partial charge is 0.250 e. The lowest BCUT2D eigenvalue weighted by atomic mass is 10.0. The third-order valence-corrected chi connectivity index (χ3v) is 7.63. The predicted molar refractivity (Wildman–Crippen MR) is 123 cm³/mol. The standard InChI is InChI=1S/C22H25N3O4S2/c1-15(2)21(24-31(28,29)20-12-7-13-30-20)22(27)25(3)14-19(26)23-18-11-6-9-16-8-4-5-10-17(16)18/h4-13,15,21,24H,14H2,1-3H3,(H,23,26). The molecule has 0 aliphatic rings. The summed E-state index contributed by atoms with van der Waals surface area (Å²) in [7, 11) is -2.33. The molecule has 164 valence electrons. The van der Waals surface area contributed by atoms with Crippen molar-refractivity contribution in [1.82, 2.24) is 9.62 Å². The van der Waals surface area contributed by atoms with Crippen LogP contribution in [0.15, 0.2) is 64.2 Å². The SMILES string of the molecule is CC(C)C(NS(=O)(=O)c1cccs1)C(=O)N(C)CC(=O)Nc1cccc2ccccc12. The first-order valence-electron chi connectivity index (χ1n) is 9.77. The van der Waals surface area contributed by atoms with E-state index in [-0.39, 0.29) is 22.6 Å². The Balaban J connectivity index is 1.69. The highest BCUT2D eigenvalue weighted by Crippen LogP contribution is 2.23. The van der Waals surface area contributed by atoms with Crippen molar-refractivity contribution in [1.29, 1.82) is 0 Å². The van der Waals surface area contributed by atoms with Crippen LogP contribution in [0, 0.1) is 5.92 Å². The molecule has 0 aliphatic carbocycles. The van der Waals surface area contributed by atoms with Crippen LogP contribution in [0.5, 0.6) is 0 Å². The second kappa shape index (κ2) is 9.59. The highest BCUT2D eigenvalue weighted by Gasteiger charge is 2.31. The minimum atomic E-state index is -3.82. The Labute approximate surface area is 186 Å². The van der Waals surface area contributed by atoms with Crippen LogP contribution in [-0.4, -0.2) is 44.8 Å². The summed E-state index contributed by atoms with van der Waals surface area (Å²) < 4.78 is 27.8. The molecule has 0 spiro atoms. The summed E-state index contributed by atoms with van der Waals surface area (Å²) in [4.78, 5) is 26.8. The van der Waals surface area contributed by atoms with Gasteiger partial charge in [0, 0.05) is 18.1 Å². The van der Waals surface area contributed by atoms with Crippen LogP contribution in [0.25, 0.3) is 10.8 Å². The molecule has 0 saturated heterocycles. The molecule has 0 saturated carbocycles. The lowest BCUT2D eigenvalue weighted by molar-refractivity contribution is -0.135. The van der Waals surface area contributed by atoms with Crippen molar-refractivity contribution < 1.29 is 18.0 Å². The Morgan fingerprint density at radius 2 is 1.74 bits per heavy atom. The number of amides is 2. The van der Waals surface area contributed by atoms with E-state index in [9.17, 15) is 18.0 Å². The summed E-state index contributed by atoms with van der Waals surface area (Å²) in [5, 5.41) is 6.39. The van der Waals surface area contributed by atoms with Crippen molar-refractivity contribution in [3.8, 4) is 0 Å². The van der Waals surface area contributed by atoms with Crippen molar-refractivity contribution in [2.45, 2.75) is 24.1 Å². The van der Waals surface area contributed by atoms with Gasteiger partial charge < -0.3 is 10.2 Å².